The maximum atomic E-state index is 10.4. The molecule has 0 unspecified atom stereocenters. The van der Waals surface area contributed by atoms with Crippen molar-refractivity contribution < 1.29 is 4.79 Å². The average molecular weight is 165 g/mol. The SMILES string of the molecule is CC(=O)NNCc1ccccn1. The molecule has 0 aromatic carbocycles. The molecule has 0 bridgehead atoms. The van der Waals surface area contributed by atoms with Gasteiger partial charge in [0.15, 0.2) is 0 Å². The molecule has 4 heteroatoms. The summed E-state index contributed by atoms with van der Waals surface area (Å²) in [6.45, 7) is 1.99. The molecular weight excluding hydrogens is 154 g/mol. The van der Waals surface area contributed by atoms with Crippen LogP contribution in [0, 0.1) is 0 Å². The van der Waals surface area contributed by atoms with Crippen molar-refractivity contribution in [1.29, 1.82) is 0 Å². The minimum absolute atomic E-state index is 0.106. The Morgan fingerprint density at radius 1 is 1.58 bits per heavy atom. The van der Waals surface area contributed by atoms with Crippen LogP contribution in [-0.4, -0.2) is 10.9 Å². The summed E-state index contributed by atoms with van der Waals surface area (Å²) in [5, 5.41) is 0. The van der Waals surface area contributed by atoms with E-state index in [1.54, 1.807) is 6.20 Å². The number of pyridine rings is 1. The summed E-state index contributed by atoms with van der Waals surface area (Å²) in [7, 11) is 0. The van der Waals surface area contributed by atoms with Gasteiger partial charge in [0.05, 0.1) is 12.2 Å². The van der Waals surface area contributed by atoms with Crippen LogP contribution in [0.15, 0.2) is 24.4 Å². The van der Waals surface area contributed by atoms with E-state index in [0.29, 0.717) is 6.54 Å². The highest BCUT2D eigenvalue weighted by molar-refractivity contribution is 5.72. The highest BCUT2D eigenvalue weighted by atomic mass is 16.2. The zero-order valence-corrected chi connectivity index (χ0v) is 6.87. The molecule has 0 aliphatic carbocycles. The third kappa shape index (κ3) is 3.12. The summed E-state index contributed by atoms with van der Waals surface area (Å²) >= 11 is 0. The van der Waals surface area contributed by atoms with Crippen LogP contribution in [0.5, 0.6) is 0 Å². The first-order chi connectivity index (χ1) is 5.79. The third-order valence-electron chi connectivity index (χ3n) is 1.26. The van der Waals surface area contributed by atoms with Crippen LogP contribution in [-0.2, 0) is 11.3 Å². The monoisotopic (exact) mass is 165 g/mol. The maximum Gasteiger partial charge on any atom is 0.230 e. The van der Waals surface area contributed by atoms with E-state index in [1.807, 2.05) is 18.2 Å². The highest BCUT2D eigenvalue weighted by Crippen LogP contribution is 1.90. The van der Waals surface area contributed by atoms with Crippen molar-refractivity contribution in [2.75, 3.05) is 0 Å². The number of amides is 1. The van der Waals surface area contributed by atoms with Gasteiger partial charge in [-0.3, -0.25) is 15.2 Å². The fourth-order valence-electron chi connectivity index (χ4n) is 0.762. The number of hydrogen-bond acceptors (Lipinski definition) is 3. The zero-order chi connectivity index (χ0) is 8.81. The summed E-state index contributed by atoms with van der Waals surface area (Å²) in [6.07, 6.45) is 1.71. The molecule has 0 aliphatic rings. The number of carbonyl (C=O) groups is 1. The molecule has 0 saturated heterocycles. The van der Waals surface area contributed by atoms with Crippen molar-refractivity contribution >= 4 is 5.91 Å². The lowest BCUT2D eigenvalue weighted by Gasteiger charge is -2.02. The molecule has 0 spiro atoms. The van der Waals surface area contributed by atoms with E-state index >= 15 is 0 Å². The minimum atomic E-state index is -0.106. The molecule has 1 amide bonds. The van der Waals surface area contributed by atoms with E-state index in [4.69, 9.17) is 0 Å². The van der Waals surface area contributed by atoms with E-state index in [1.165, 1.54) is 6.92 Å². The van der Waals surface area contributed by atoms with Gasteiger partial charge >= 0.3 is 0 Å². The Bertz CT molecular complexity index is 248. The normalized spacial score (nSPS) is 9.42. The van der Waals surface area contributed by atoms with Crippen LogP contribution >= 0.6 is 0 Å². The Morgan fingerprint density at radius 2 is 2.42 bits per heavy atom. The molecule has 1 aromatic rings. The number of aromatic nitrogens is 1. The van der Waals surface area contributed by atoms with Gasteiger partial charge in [-0.1, -0.05) is 6.07 Å². The van der Waals surface area contributed by atoms with Gasteiger partial charge in [0, 0.05) is 13.1 Å². The summed E-state index contributed by atoms with van der Waals surface area (Å²) in [6, 6.07) is 5.63. The van der Waals surface area contributed by atoms with Gasteiger partial charge in [-0.05, 0) is 12.1 Å². The predicted molar refractivity (Wildman–Crippen MR) is 44.9 cm³/mol. The van der Waals surface area contributed by atoms with Crippen molar-refractivity contribution in [2.45, 2.75) is 13.5 Å². The number of nitrogens with one attached hydrogen (secondary N) is 2. The van der Waals surface area contributed by atoms with Gasteiger partial charge < -0.3 is 0 Å². The number of rotatable bonds is 3. The lowest BCUT2D eigenvalue weighted by atomic mass is 10.4. The first-order valence-electron chi connectivity index (χ1n) is 3.68. The Hall–Kier alpha value is -1.42. The Kier molecular flexibility index (Phi) is 3.22. The predicted octanol–water partition coefficient (Wildman–Crippen LogP) is 0.222. The van der Waals surface area contributed by atoms with Gasteiger partial charge in [-0.15, -0.1) is 0 Å². The number of hydrogen-bond donors (Lipinski definition) is 2. The fourth-order valence-corrected chi connectivity index (χ4v) is 0.762. The summed E-state index contributed by atoms with van der Waals surface area (Å²) in [5.41, 5.74) is 6.10. The van der Waals surface area contributed by atoms with Gasteiger partial charge in [0.2, 0.25) is 5.91 Å². The molecule has 2 N–H and O–H groups in total. The molecule has 64 valence electrons. The van der Waals surface area contributed by atoms with Crippen LogP contribution in [0.4, 0.5) is 0 Å². The van der Waals surface area contributed by atoms with Crippen LogP contribution in [0.2, 0.25) is 0 Å². The molecule has 0 saturated carbocycles. The smallest absolute Gasteiger partial charge is 0.230 e. The quantitative estimate of drug-likeness (QED) is 0.630. The second kappa shape index (κ2) is 4.46. The second-order valence-electron chi connectivity index (χ2n) is 2.36. The van der Waals surface area contributed by atoms with Gasteiger partial charge in [-0.25, -0.2) is 5.43 Å². The summed E-state index contributed by atoms with van der Waals surface area (Å²) < 4.78 is 0. The van der Waals surface area contributed by atoms with Crippen molar-refractivity contribution in [2.24, 2.45) is 0 Å². The van der Waals surface area contributed by atoms with Crippen molar-refractivity contribution in [3.63, 3.8) is 0 Å². The molecule has 1 rings (SSSR count). The molecule has 0 atom stereocenters. The number of carbonyl (C=O) groups excluding carboxylic acids is 1. The van der Waals surface area contributed by atoms with Crippen LogP contribution < -0.4 is 10.9 Å². The topological polar surface area (TPSA) is 54.0 Å². The molecule has 0 aliphatic heterocycles. The standard InChI is InChI=1S/C8H11N3O/c1-7(12)11-10-6-8-4-2-3-5-9-8/h2-5,10H,6H2,1H3,(H,11,12). The Morgan fingerprint density at radius 3 is 3.00 bits per heavy atom. The molecule has 0 radical (unpaired) electrons. The molecule has 4 nitrogen and oxygen atoms in total. The molecule has 1 heterocycles. The van der Waals surface area contributed by atoms with Gasteiger partial charge in [0.25, 0.3) is 0 Å². The van der Waals surface area contributed by atoms with E-state index in [2.05, 4.69) is 15.8 Å². The van der Waals surface area contributed by atoms with E-state index in [-0.39, 0.29) is 5.91 Å². The lowest BCUT2D eigenvalue weighted by Crippen LogP contribution is -2.35. The minimum Gasteiger partial charge on any atom is -0.291 e. The number of hydrazine groups is 1. The Labute approximate surface area is 71.0 Å². The molecule has 0 fully saturated rings. The molecular formula is C8H11N3O. The lowest BCUT2D eigenvalue weighted by molar-refractivity contribution is -0.119. The Balaban J connectivity index is 2.29. The largest absolute Gasteiger partial charge is 0.291 e. The number of nitrogens with zero attached hydrogens (tertiary/aromatic N) is 1. The molecule has 12 heavy (non-hydrogen) atoms. The van der Waals surface area contributed by atoms with Crippen LogP contribution in [0.25, 0.3) is 0 Å². The molecule has 1 aromatic heterocycles. The third-order valence-corrected chi connectivity index (χ3v) is 1.26. The van der Waals surface area contributed by atoms with Gasteiger partial charge in [-0.2, -0.15) is 0 Å². The van der Waals surface area contributed by atoms with Crippen LogP contribution in [0.1, 0.15) is 12.6 Å². The second-order valence-corrected chi connectivity index (χ2v) is 2.36. The fraction of sp³-hybridized carbons (Fsp3) is 0.250. The first-order valence-corrected chi connectivity index (χ1v) is 3.68. The van der Waals surface area contributed by atoms with E-state index in [0.717, 1.165) is 5.69 Å². The van der Waals surface area contributed by atoms with E-state index < -0.39 is 0 Å². The maximum absolute atomic E-state index is 10.4. The van der Waals surface area contributed by atoms with Crippen molar-refractivity contribution in [1.82, 2.24) is 15.8 Å². The van der Waals surface area contributed by atoms with Crippen molar-refractivity contribution in [3.8, 4) is 0 Å². The summed E-state index contributed by atoms with van der Waals surface area (Å²) in [5.74, 6) is -0.106. The van der Waals surface area contributed by atoms with Gasteiger partial charge in [0.1, 0.15) is 0 Å². The van der Waals surface area contributed by atoms with Crippen LogP contribution in [0.3, 0.4) is 0 Å². The van der Waals surface area contributed by atoms with E-state index in [9.17, 15) is 4.79 Å². The average Bonchev–Trinajstić information content (AvgIpc) is 2.05. The zero-order valence-electron chi connectivity index (χ0n) is 6.87. The first kappa shape index (κ1) is 8.67. The summed E-state index contributed by atoms with van der Waals surface area (Å²) in [4.78, 5) is 14.5. The van der Waals surface area contributed by atoms with Crippen molar-refractivity contribution in [3.05, 3.63) is 30.1 Å². The highest BCUT2D eigenvalue weighted by Gasteiger charge is 1.91.